The number of carbonyl (C=O) groups excluding carboxylic acids is 2. The van der Waals surface area contributed by atoms with E-state index in [1.165, 1.54) is 34.3 Å². The van der Waals surface area contributed by atoms with E-state index in [0.717, 1.165) is 4.68 Å². The van der Waals surface area contributed by atoms with Crippen molar-refractivity contribution < 1.29 is 23.8 Å². The van der Waals surface area contributed by atoms with Crippen LogP contribution in [0.15, 0.2) is 53.3 Å². The quantitative estimate of drug-likeness (QED) is 0.539. The summed E-state index contributed by atoms with van der Waals surface area (Å²) in [6.07, 6.45) is 0. The van der Waals surface area contributed by atoms with Crippen molar-refractivity contribution >= 4 is 23.2 Å². The molecule has 172 valence electrons. The number of amides is 2. The van der Waals surface area contributed by atoms with Crippen molar-refractivity contribution in [3.8, 4) is 28.5 Å². The molecule has 0 aliphatic carbocycles. The predicted octanol–water partition coefficient (Wildman–Crippen LogP) is 2.53. The fourth-order valence-electron chi connectivity index (χ4n) is 3.12. The molecule has 2 amide bonds. The van der Waals surface area contributed by atoms with Crippen LogP contribution in [-0.4, -0.2) is 42.9 Å². The summed E-state index contributed by atoms with van der Waals surface area (Å²) >= 11 is 0. The zero-order valence-electron chi connectivity index (χ0n) is 18.7. The van der Waals surface area contributed by atoms with E-state index in [1.807, 2.05) is 0 Å². The molecule has 2 aromatic carbocycles. The lowest BCUT2D eigenvalue weighted by Gasteiger charge is -2.13. The van der Waals surface area contributed by atoms with Crippen LogP contribution in [0.1, 0.15) is 6.92 Å². The monoisotopic (exact) mass is 452 g/mol. The van der Waals surface area contributed by atoms with E-state index in [9.17, 15) is 14.4 Å². The van der Waals surface area contributed by atoms with Crippen molar-refractivity contribution in [1.29, 1.82) is 0 Å². The van der Waals surface area contributed by atoms with E-state index < -0.39 is 11.5 Å². The highest BCUT2D eigenvalue weighted by Gasteiger charge is 2.13. The third-order valence-corrected chi connectivity index (χ3v) is 4.63. The molecule has 0 fully saturated rings. The minimum Gasteiger partial charge on any atom is -0.495 e. The molecule has 0 bridgehead atoms. The first-order valence-electron chi connectivity index (χ1n) is 9.90. The van der Waals surface area contributed by atoms with Gasteiger partial charge in [-0.2, -0.15) is 5.10 Å². The van der Waals surface area contributed by atoms with Crippen molar-refractivity contribution in [2.75, 3.05) is 32.0 Å². The van der Waals surface area contributed by atoms with Crippen molar-refractivity contribution in [3.63, 3.8) is 0 Å². The van der Waals surface area contributed by atoms with Crippen LogP contribution in [0.4, 0.5) is 11.4 Å². The summed E-state index contributed by atoms with van der Waals surface area (Å²) in [4.78, 5) is 36.3. The first-order chi connectivity index (χ1) is 15.8. The van der Waals surface area contributed by atoms with Crippen LogP contribution in [0.3, 0.4) is 0 Å². The van der Waals surface area contributed by atoms with Crippen LogP contribution in [0.5, 0.6) is 17.2 Å². The molecule has 0 unspecified atom stereocenters. The molecule has 2 N–H and O–H groups in total. The highest BCUT2D eigenvalue weighted by atomic mass is 16.5. The minimum absolute atomic E-state index is 0.250. The lowest BCUT2D eigenvalue weighted by atomic mass is 10.1. The molecule has 0 aliphatic heterocycles. The Kier molecular flexibility index (Phi) is 7.29. The third kappa shape index (κ3) is 5.67. The largest absolute Gasteiger partial charge is 0.495 e. The first-order valence-corrected chi connectivity index (χ1v) is 9.90. The molecule has 10 nitrogen and oxygen atoms in total. The van der Waals surface area contributed by atoms with Gasteiger partial charge in [0.05, 0.1) is 32.7 Å². The van der Waals surface area contributed by atoms with Crippen LogP contribution >= 0.6 is 0 Å². The van der Waals surface area contributed by atoms with Gasteiger partial charge in [0, 0.05) is 24.2 Å². The molecular weight excluding hydrogens is 428 g/mol. The Hall–Kier alpha value is -4.34. The molecule has 1 heterocycles. The Morgan fingerprint density at radius 3 is 2.24 bits per heavy atom. The zero-order chi connectivity index (χ0) is 24.0. The number of carbonyl (C=O) groups is 2. The number of aromatic nitrogens is 2. The Morgan fingerprint density at radius 2 is 1.58 bits per heavy atom. The number of benzene rings is 2. The van der Waals surface area contributed by atoms with Gasteiger partial charge in [-0.1, -0.05) is 0 Å². The number of nitrogens with one attached hydrogen (secondary N) is 2. The van der Waals surface area contributed by atoms with Crippen molar-refractivity contribution in [1.82, 2.24) is 9.78 Å². The van der Waals surface area contributed by atoms with Crippen LogP contribution < -0.4 is 30.4 Å². The molecule has 0 atom stereocenters. The van der Waals surface area contributed by atoms with Gasteiger partial charge in [-0.25, -0.2) is 4.68 Å². The average molecular weight is 452 g/mol. The molecule has 0 aliphatic rings. The molecule has 1 aromatic heterocycles. The van der Waals surface area contributed by atoms with Gasteiger partial charge in [-0.3, -0.25) is 14.4 Å². The Bertz CT molecular complexity index is 1240. The van der Waals surface area contributed by atoms with Crippen molar-refractivity contribution in [2.45, 2.75) is 13.5 Å². The van der Waals surface area contributed by atoms with Gasteiger partial charge in [0.25, 0.3) is 5.56 Å². The molecule has 3 aromatic rings. The zero-order valence-corrected chi connectivity index (χ0v) is 18.7. The Balaban J connectivity index is 1.84. The van der Waals surface area contributed by atoms with Gasteiger partial charge in [0.2, 0.25) is 11.8 Å². The molecular formula is C23H24N4O6. The standard InChI is InChI=1S/C23H24N4O6/c1-14(28)24-16-6-9-19(31-2)18(12-16)25-22(29)13-27-23(30)10-7-17(26-27)15-5-8-20(32-3)21(11-15)33-4/h5-12H,13H2,1-4H3,(H,24,28)(H,25,29). The summed E-state index contributed by atoms with van der Waals surface area (Å²) in [7, 11) is 4.52. The van der Waals surface area contributed by atoms with Gasteiger partial charge < -0.3 is 24.8 Å². The third-order valence-electron chi connectivity index (χ3n) is 4.63. The number of hydrogen-bond donors (Lipinski definition) is 2. The molecule has 0 radical (unpaired) electrons. The second-order valence-corrected chi connectivity index (χ2v) is 6.93. The predicted molar refractivity (Wildman–Crippen MR) is 123 cm³/mol. The number of rotatable bonds is 8. The Labute approximate surface area is 190 Å². The van der Waals surface area contributed by atoms with Crippen LogP contribution in [-0.2, 0) is 16.1 Å². The highest BCUT2D eigenvalue weighted by molar-refractivity contribution is 5.94. The summed E-state index contributed by atoms with van der Waals surface area (Å²) in [5, 5.41) is 9.64. The number of methoxy groups -OCH3 is 3. The molecule has 0 saturated heterocycles. The summed E-state index contributed by atoms with van der Waals surface area (Å²) in [5.41, 5.74) is 1.57. The summed E-state index contributed by atoms with van der Waals surface area (Å²) < 4.78 is 16.9. The van der Waals surface area contributed by atoms with Gasteiger partial charge in [0.15, 0.2) is 11.5 Å². The van der Waals surface area contributed by atoms with E-state index in [4.69, 9.17) is 14.2 Å². The second kappa shape index (κ2) is 10.3. The minimum atomic E-state index is -0.493. The summed E-state index contributed by atoms with van der Waals surface area (Å²) in [6, 6.07) is 13.0. The van der Waals surface area contributed by atoms with Gasteiger partial charge in [0.1, 0.15) is 12.3 Å². The number of anilines is 2. The molecule has 33 heavy (non-hydrogen) atoms. The smallest absolute Gasteiger partial charge is 0.267 e. The molecule has 10 heteroatoms. The SMILES string of the molecule is COc1ccc(NC(C)=O)cc1NC(=O)Cn1nc(-c2ccc(OC)c(OC)c2)ccc1=O. The van der Waals surface area contributed by atoms with Gasteiger partial charge in [-0.05, 0) is 42.5 Å². The Morgan fingerprint density at radius 1 is 0.879 bits per heavy atom. The van der Waals surface area contributed by atoms with Crippen molar-refractivity contribution in [3.05, 3.63) is 58.9 Å². The number of hydrogen-bond acceptors (Lipinski definition) is 7. The lowest BCUT2D eigenvalue weighted by Crippen LogP contribution is -2.29. The summed E-state index contributed by atoms with van der Waals surface area (Å²) in [5.74, 6) is 0.729. The van der Waals surface area contributed by atoms with Crippen LogP contribution in [0.25, 0.3) is 11.3 Å². The van der Waals surface area contributed by atoms with Crippen LogP contribution in [0.2, 0.25) is 0 Å². The maximum absolute atomic E-state index is 12.7. The van der Waals surface area contributed by atoms with Gasteiger partial charge >= 0.3 is 0 Å². The van der Waals surface area contributed by atoms with Crippen molar-refractivity contribution in [2.24, 2.45) is 0 Å². The number of nitrogens with zero attached hydrogens (tertiary/aromatic N) is 2. The fraction of sp³-hybridized carbons (Fsp3) is 0.217. The van der Waals surface area contributed by atoms with E-state index in [1.54, 1.807) is 42.5 Å². The van der Waals surface area contributed by atoms with Gasteiger partial charge in [-0.15, -0.1) is 0 Å². The topological polar surface area (TPSA) is 121 Å². The van der Waals surface area contributed by atoms with E-state index in [0.29, 0.717) is 39.9 Å². The van der Waals surface area contributed by atoms with E-state index in [2.05, 4.69) is 15.7 Å². The van der Waals surface area contributed by atoms with E-state index in [-0.39, 0.29) is 12.5 Å². The first kappa shape index (κ1) is 23.3. The van der Waals surface area contributed by atoms with E-state index >= 15 is 0 Å². The highest BCUT2D eigenvalue weighted by Crippen LogP contribution is 2.31. The lowest BCUT2D eigenvalue weighted by molar-refractivity contribution is -0.117. The second-order valence-electron chi connectivity index (χ2n) is 6.93. The maximum atomic E-state index is 12.7. The molecule has 0 spiro atoms. The summed E-state index contributed by atoms with van der Waals surface area (Å²) in [6.45, 7) is 1.06. The molecule has 3 rings (SSSR count). The average Bonchev–Trinajstić information content (AvgIpc) is 2.79. The van der Waals surface area contributed by atoms with Crippen LogP contribution in [0, 0.1) is 0 Å². The maximum Gasteiger partial charge on any atom is 0.267 e. The number of ether oxygens (including phenoxy) is 3. The normalized spacial score (nSPS) is 10.3. The molecule has 0 saturated carbocycles. The fourth-order valence-corrected chi connectivity index (χ4v) is 3.12.